The number of primary amides is 1. The van der Waals surface area contributed by atoms with Gasteiger partial charge >= 0.3 is 5.97 Å². The highest BCUT2D eigenvalue weighted by molar-refractivity contribution is 5.95. The van der Waals surface area contributed by atoms with Gasteiger partial charge in [0.2, 0.25) is 5.91 Å². The van der Waals surface area contributed by atoms with E-state index in [-0.39, 0.29) is 0 Å². The zero-order valence-electron chi connectivity index (χ0n) is 12.6. The van der Waals surface area contributed by atoms with Gasteiger partial charge < -0.3 is 10.6 Å². The highest BCUT2D eigenvalue weighted by Crippen LogP contribution is 2.40. The van der Waals surface area contributed by atoms with E-state index in [1.165, 1.54) is 17.5 Å². The van der Waals surface area contributed by atoms with Crippen molar-refractivity contribution < 1.29 is 14.4 Å². The molecule has 1 amide bonds. The molecule has 2 N–H and O–H groups in total. The van der Waals surface area contributed by atoms with Crippen LogP contribution in [0.3, 0.4) is 0 Å². The molecule has 0 saturated carbocycles. The van der Waals surface area contributed by atoms with Crippen LogP contribution < -0.4 is 5.73 Å². The van der Waals surface area contributed by atoms with Gasteiger partial charge in [0.1, 0.15) is 0 Å². The maximum absolute atomic E-state index is 12.2. The number of rotatable bonds is 3. The summed E-state index contributed by atoms with van der Waals surface area (Å²) in [5.74, 6) is -1.02. The number of pyridine rings is 1. The second-order valence-corrected chi connectivity index (χ2v) is 6.04. The minimum Gasteiger partial charge on any atom is -0.366 e. The Labute approximate surface area is 123 Å². The van der Waals surface area contributed by atoms with Crippen LogP contribution >= 0.6 is 0 Å². The normalized spacial score (nSPS) is 19.9. The van der Waals surface area contributed by atoms with Crippen LogP contribution in [0.1, 0.15) is 38.1 Å². The Balaban J connectivity index is 2.28. The third-order valence-electron chi connectivity index (χ3n) is 3.54. The van der Waals surface area contributed by atoms with Crippen molar-refractivity contribution in [1.82, 2.24) is 10.0 Å². The van der Waals surface area contributed by atoms with E-state index in [0.717, 1.165) is 0 Å². The number of amides is 1. The van der Waals surface area contributed by atoms with Gasteiger partial charge in [0.25, 0.3) is 0 Å². The minimum absolute atomic E-state index is 0.393. The summed E-state index contributed by atoms with van der Waals surface area (Å²) in [6.45, 7) is 7.28. The third kappa shape index (κ3) is 2.67. The Morgan fingerprint density at radius 1 is 1.19 bits per heavy atom. The van der Waals surface area contributed by atoms with E-state index in [9.17, 15) is 9.59 Å². The van der Waals surface area contributed by atoms with Crippen LogP contribution in [-0.2, 0) is 9.63 Å². The molecule has 6 heteroatoms. The second-order valence-electron chi connectivity index (χ2n) is 6.04. The van der Waals surface area contributed by atoms with Crippen LogP contribution in [0, 0.1) is 0 Å². The fourth-order valence-electron chi connectivity index (χ4n) is 2.65. The van der Waals surface area contributed by atoms with Crippen molar-refractivity contribution in [3.63, 3.8) is 0 Å². The van der Waals surface area contributed by atoms with Gasteiger partial charge in [-0.2, -0.15) is 0 Å². The van der Waals surface area contributed by atoms with Gasteiger partial charge in [-0.25, -0.2) is 4.79 Å². The topological polar surface area (TPSA) is 85.5 Å². The highest BCUT2D eigenvalue weighted by atomic mass is 16.7. The second kappa shape index (κ2) is 4.96. The lowest BCUT2D eigenvalue weighted by molar-refractivity contribution is -0.189. The van der Waals surface area contributed by atoms with Crippen LogP contribution in [0.4, 0.5) is 0 Å². The van der Waals surface area contributed by atoms with E-state index < -0.39 is 23.0 Å². The lowest BCUT2D eigenvalue weighted by atomic mass is 9.96. The molecule has 21 heavy (non-hydrogen) atoms. The smallest absolute Gasteiger partial charge is 0.357 e. The molecular formula is C15H19N3O3. The molecule has 112 valence electrons. The van der Waals surface area contributed by atoms with Crippen LogP contribution in [-0.4, -0.2) is 33.0 Å². The summed E-state index contributed by atoms with van der Waals surface area (Å²) in [6, 6.07) is 3.14. The predicted octanol–water partition coefficient (Wildman–Crippen LogP) is 1.44. The molecule has 0 bridgehead atoms. The SMILES string of the molecule is CC1(C)C=C(C(N)=O)C(C)(C)N1OC(=O)c1ccncc1. The molecule has 0 atom stereocenters. The molecule has 0 aliphatic carbocycles. The number of hydroxylamine groups is 2. The molecular weight excluding hydrogens is 270 g/mol. The fourth-order valence-corrected chi connectivity index (χ4v) is 2.65. The number of hydrogen-bond acceptors (Lipinski definition) is 5. The van der Waals surface area contributed by atoms with Gasteiger partial charge in [0.15, 0.2) is 0 Å². The number of nitrogens with two attached hydrogens (primary N) is 1. The first-order valence-corrected chi connectivity index (χ1v) is 6.62. The number of nitrogens with zero attached hydrogens (tertiary/aromatic N) is 2. The summed E-state index contributed by atoms with van der Waals surface area (Å²) < 4.78 is 0. The third-order valence-corrected chi connectivity index (χ3v) is 3.54. The molecule has 0 saturated heterocycles. The van der Waals surface area contributed by atoms with Crippen LogP contribution in [0.2, 0.25) is 0 Å². The zero-order chi connectivity index (χ0) is 15.8. The van der Waals surface area contributed by atoms with E-state index in [1.54, 1.807) is 32.1 Å². The van der Waals surface area contributed by atoms with Gasteiger partial charge in [0, 0.05) is 18.0 Å². The van der Waals surface area contributed by atoms with E-state index in [2.05, 4.69) is 4.98 Å². The molecule has 1 aromatic heterocycles. The standard InChI is InChI=1S/C15H19N3O3/c1-14(2)9-11(12(16)19)15(3,4)18(14)21-13(20)10-5-7-17-8-6-10/h5-9H,1-4H3,(H2,16,19). The molecule has 1 aromatic rings. The number of carbonyl (C=O) groups excluding carboxylic acids is 2. The molecule has 0 fully saturated rings. The Morgan fingerprint density at radius 3 is 2.24 bits per heavy atom. The van der Waals surface area contributed by atoms with Gasteiger partial charge in [-0.3, -0.25) is 9.78 Å². The monoisotopic (exact) mass is 289 g/mol. The molecule has 1 aliphatic rings. The van der Waals surface area contributed by atoms with Crippen molar-refractivity contribution in [3.05, 3.63) is 41.7 Å². The average molecular weight is 289 g/mol. The summed E-state index contributed by atoms with van der Waals surface area (Å²) >= 11 is 0. The number of carbonyl (C=O) groups is 2. The lowest BCUT2D eigenvalue weighted by Crippen LogP contribution is -2.52. The molecule has 0 aromatic carbocycles. The summed E-state index contributed by atoms with van der Waals surface area (Å²) in [4.78, 5) is 33.2. The van der Waals surface area contributed by atoms with E-state index >= 15 is 0 Å². The van der Waals surface area contributed by atoms with Crippen LogP contribution in [0.25, 0.3) is 0 Å². The predicted molar refractivity (Wildman–Crippen MR) is 76.9 cm³/mol. The average Bonchev–Trinajstić information content (AvgIpc) is 2.59. The Hall–Kier alpha value is -2.21. The van der Waals surface area contributed by atoms with Crippen molar-refractivity contribution in [1.29, 1.82) is 0 Å². The van der Waals surface area contributed by atoms with Gasteiger partial charge in [-0.15, -0.1) is 5.06 Å². The van der Waals surface area contributed by atoms with Crippen LogP contribution in [0.5, 0.6) is 0 Å². The first-order chi connectivity index (χ1) is 9.66. The van der Waals surface area contributed by atoms with Crippen LogP contribution in [0.15, 0.2) is 36.2 Å². The molecule has 0 unspecified atom stereocenters. The maximum Gasteiger partial charge on any atom is 0.357 e. The summed E-state index contributed by atoms with van der Waals surface area (Å²) in [6.07, 6.45) is 4.77. The molecule has 2 heterocycles. The Kier molecular flexibility index (Phi) is 3.59. The van der Waals surface area contributed by atoms with Crippen molar-refractivity contribution in [2.45, 2.75) is 38.8 Å². The first-order valence-electron chi connectivity index (χ1n) is 6.62. The lowest BCUT2D eigenvalue weighted by Gasteiger charge is -2.38. The molecule has 0 spiro atoms. The van der Waals surface area contributed by atoms with E-state index in [4.69, 9.17) is 10.6 Å². The largest absolute Gasteiger partial charge is 0.366 e. The van der Waals surface area contributed by atoms with Gasteiger partial charge in [-0.05, 0) is 39.8 Å². The summed E-state index contributed by atoms with van der Waals surface area (Å²) in [5, 5.41) is 1.50. The fraction of sp³-hybridized carbons (Fsp3) is 0.400. The van der Waals surface area contributed by atoms with Crippen molar-refractivity contribution in [2.24, 2.45) is 5.73 Å². The molecule has 0 radical (unpaired) electrons. The highest BCUT2D eigenvalue weighted by Gasteiger charge is 2.50. The van der Waals surface area contributed by atoms with Crippen molar-refractivity contribution >= 4 is 11.9 Å². The van der Waals surface area contributed by atoms with E-state index in [1.807, 2.05) is 13.8 Å². The number of aromatic nitrogens is 1. The quantitative estimate of drug-likeness (QED) is 0.910. The van der Waals surface area contributed by atoms with Gasteiger partial charge in [-0.1, -0.05) is 6.08 Å². The first kappa shape index (κ1) is 15.2. The number of hydrogen-bond donors (Lipinski definition) is 1. The Morgan fingerprint density at radius 2 is 1.76 bits per heavy atom. The summed E-state index contributed by atoms with van der Waals surface area (Å²) in [7, 11) is 0. The summed E-state index contributed by atoms with van der Waals surface area (Å²) in [5.41, 5.74) is 4.81. The van der Waals surface area contributed by atoms with Gasteiger partial charge in [0.05, 0.1) is 16.6 Å². The minimum atomic E-state index is -0.794. The van der Waals surface area contributed by atoms with Crippen molar-refractivity contribution in [2.75, 3.05) is 0 Å². The molecule has 2 rings (SSSR count). The zero-order valence-corrected chi connectivity index (χ0v) is 12.6. The molecule has 6 nitrogen and oxygen atoms in total. The van der Waals surface area contributed by atoms with Crippen molar-refractivity contribution in [3.8, 4) is 0 Å². The van der Waals surface area contributed by atoms with E-state index in [0.29, 0.717) is 11.1 Å². The molecule has 1 aliphatic heterocycles. The maximum atomic E-state index is 12.2. The Bertz CT molecular complexity index is 606.